The van der Waals surface area contributed by atoms with E-state index in [1.807, 2.05) is 54.7 Å². The summed E-state index contributed by atoms with van der Waals surface area (Å²) in [6.07, 6.45) is 1.82. The third-order valence-electron chi connectivity index (χ3n) is 10.7. The summed E-state index contributed by atoms with van der Waals surface area (Å²) in [5.74, 6) is 1.81. The van der Waals surface area contributed by atoms with E-state index in [1.54, 1.807) is 0 Å². The van der Waals surface area contributed by atoms with Gasteiger partial charge < -0.3 is 4.57 Å². The molecule has 266 valence electrons. The first-order valence-corrected chi connectivity index (χ1v) is 19.0. The minimum absolute atomic E-state index is 0.592. The second kappa shape index (κ2) is 13.5. The van der Waals surface area contributed by atoms with Crippen LogP contribution in [0.15, 0.2) is 194 Å². The van der Waals surface area contributed by atoms with Crippen molar-refractivity contribution in [3.05, 3.63) is 194 Å². The molecule has 0 aliphatic rings. The first-order valence-electron chi connectivity index (χ1n) is 19.0. The number of rotatable bonds is 6. The van der Waals surface area contributed by atoms with Crippen molar-refractivity contribution in [1.29, 1.82) is 0 Å². The van der Waals surface area contributed by atoms with Gasteiger partial charge in [0.15, 0.2) is 17.5 Å². The molecule has 7 aromatic carbocycles. The van der Waals surface area contributed by atoms with Crippen LogP contribution in [0.1, 0.15) is 0 Å². The van der Waals surface area contributed by atoms with Crippen LogP contribution in [0.3, 0.4) is 0 Å². The first kappa shape index (κ1) is 32.6. The zero-order chi connectivity index (χ0) is 37.7. The molecular formula is C51H32N6. The zero-order valence-electron chi connectivity index (χ0n) is 30.7. The summed E-state index contributed by atoms with van der Waals surface area (Å²) in [5, 5.41) is 4.54. The molecule has 4 heterocycles. The molecule has 0 N–H and O–H groups in total. The SMILES string of the molecule is c1ccc(-c2nc(-c3cccc(-c4ccc5c(c4)c4ccccc4n5-c4ccccc4)c3)nc(-c3cccc(-c4ccc5ccc6cccnc6c5n4)c3)n2)cc1. The Bertz CT molecular complexity index is 3300. The highest BCUT2D eigenvalue weighted by atomic mass is 15.0. The molecule has 57 heavy (non-hydrogen) atoms. The van der Waals surface area contributed by atoms with Crippen molar-refractivity contribution in [3.63, 3.8) is 0 Å². The Morgan fingerprint density at radius 2 is 0.912 bits per heavy atom. The fraction of sp³-hybridized carbons (Fsp3) is 0. The van der Waals surface area contributed by atoms with Crippen LogP contribution in [0.25, 0.3) is 106 Å². The van der Waals surface area contributed by atoms with Crippen LogP contribution < -0.4 is 0 Å². The molecule has 0 unspecified atom stereocenters. The van der Waals surface area contributed by atoms with Crippen molar-refractivity contribution < 1.29 is 0 Å². The molecule has 0 amide bonds. The van der Waals surface area contributed by atoms with Crippen LogP contribution in [0.4, 0.5) is 0 Å². The lowest BCUT2D eigenvalue weighted by Gasteiger charge is -2.11. The quantitative estimate of drug-likeness (QED) is 0.159. The average Bonchev–Trinajstić information content (AvgIpc) is 3.63. The molecule has 0 atom stereocenters. The molecule has 0 spiro atoms. The lowest BCUT2D eigenvalue weighted by Crippen LogP contribution is -2.00. The number of benzene rings is 7. The molecule has 6 nitrogen and oxygen atoms in total. The van der Waals surface area contributed by atoms with Gasteiger partial charge in [-0.2, -0.15) is 0 Å². The summed E-state index contributed by atoms with van der Waals surface area (Å²) in [6, 6.07) is 65.1. The van der Waals surface area contributed by atoms with E-state index in [-0.39, 0.29) is 0 Å². The molecule has 0 saturated heterocycles. The summed E-state index contributed by atoms with van der Waals surface area (Å²) >= 11 is 0. The van der Waals surface area contributed by atoms with E-state index in [9.17, 15) is 0 Å². The van der Waals surface area contributed by atoms with Gasteiger partial charge in [-0.15, -0.1) is 0 Å². The molecule has 4 aromatic heterocycles. The number of fused-ring (bicyclic) bond motifs is 6. The van der Waals surface area contributed by atoms with E-state index in [0.29, 0.717) is 17.5 Å². The average molecular weight is 729 g/mol. The maximum absolute atomic E-state index is 5.13. The molecule has 11 rings (SSSR count). The van der Waals surface area contributed by atoms with Crippen LogP contribution in [0, 0.1) is 0 Å². The highest BCUT2D eigenvalue weighted by molar-refractivity contribution is 6.10. The minimum atomic E-state index is 0.592. The Hall–Kier alpha value is -7.83. The van der Waals surface area contributed by atoms with Crippen LogP contribution in [0.2, 0.25) is 0 Å². The zero-order valence-corrected chi connectivity index (χ0v) is 30.7. The molecule has 11 aromatic rings. The van der Waals surface area contributed by atoms with Crippen LogP contribution in [-0.2, 0) is 0 Å². The smallest absolute Gasteiger partial charge is 0.164 e. The highest BCUT2D eigenvalue weighted by Gasteiger charge is 2.16. The Labute approximate surface area is 328 Å². The fourth-order valence-corrected chi connectivity index (χ4v) is 7.90. The van der Waals surface area contributed by atoms with Crippen molar-refractivity contribution in [2.75, 3.05) is 0 Å². The van der Waals surface area contributed by atoms with E-state index >= 15 is 0 Å². The van der Waals surface area contributed by atoms with E-state index < -0.39 is 0 Å². The predicted octanol–water partition coefficient (Wildman–Crippen LogP) is 12.4. The number of aromatic nitrogens is 6. The Morgan fingerprint density at radius 1 is 0.333 bits per heavy atom. The Balaban J connectivity index is 1.02. The summed E-state index contributed by atoms with van der Waals surface area (Å²) < 4.78 is 2.34. The van der Waals surface area contributed by atoms with Crippen molar-refractivity contribution >= 4 is 43.6 Å². The molecule has 0 aliphatic heterocycles. The van der Waals surface area contributed by atoms with Crippen LogP contribution in [0.5, 0.6) is 0 Å². The predicted molar refractivity (Wildman–Crippen MR) is 232 cm³/mol. The number of pyridine rings is 2. The van der Waals surface area contributed by atoms with Gasteiger partial charge in [0.05, 0.1) is 27.8 Å². The third kappa shape index (κ3) is 5.79. The van der Waals surface area contributed by atoms with Gasteiger partial charge in [-0.3, -0.25) is 4.98 Å². The summed E-state index contributed by atoms with van der Waals surface area (Å²) in [5.41, 5.74) is 12.0. The molecular weight excluding hydrogens is 697 g/mol. The van der Waals surface area contributed by atoms with Crippen LogP contribution in [-0.4, -0.2) is 29.5 Å². The first-order chi connectivity index (χ1) is 28.2. The molecule has 0 aliphatic carbocycles. The third-order valence-corrected chi connectivity index (χ3v) is 10.7. The molecule has 0 radical (unpaired) electrons. The number of nitrogens with zero attached hydrogens (tertiary/aromatic N) is 6. The summed E-state index contributed by atoms with van der Waals surface area (Å²) in [7, 11) is 0. The molecule has 6 heteroatoms. The van der Waals surface area contributed by atoms with Gasteiger partial charge in [-0.25, -0.2) is 19.9 Å². The van der Waals surface area contributed by atoms with Gasteiger partial charge in [-0.05, 0) is 65.7 Å². The Kier molecular flexibility index (Phi) is 7.71. The van der Waals surface area contributed by atoms with Gasteiger partial charge in [0.2, 0.25) is 0 Å². The van der Waals surface area contributed by atoms with Gasteiger partial charge in [-0.1, -0.05) is 133 Å². The Morgan fingerprint density at radius 3 is 1.70 bits per heavy atom. The molecule has 0 fully saturated rings. The minimum Gasteiger partial charge on any atom is -0.309 e. The maximum Gasteiger partial charge on any atom is 0.164 e. The van der Waals surface area contributed by atoms with Gasteiger partial charge >= 0.3 is 0 Å². The van der Waals surface area contributed by atoms with Crippen molar-refractivity contribution in [2.45, 2.75) is 0 Å². The fourth-order valence-electron chi connectivity index (χ4n) is 7.90. The van der Waals surface area contributed by atoms with Gasteiger partial charge in [0, 0.05) is 55.7 Å². The second-order valence-electron chi connectivity index (χ2n) is 14.2. The summed E-state index contributed by atoms with van der Waals surface area (Å²) in [4.78, 5) is 25.0. The summed E-state index contributed by atoms with van der Waals surface area (Å²) in [6.45, 7) is 0. The van der Waals surface area contributed by atoms with E-state index in [4.69, 9.17) is 19.9 Å². The largest absolute Gasteiger partial charge is 0.309 e. The molecule has 0 saturated carbocycles. The number of para-hydroxylation sites is 2. The van der Waals surface area contributed by atoms with Gasteiger partial charge in [0.1, 0.15) is 0 Å². The lowest BCUT2D eigenvalue weighted by molar-refractivity contribution is 1.07. The van der Waals surface area contributed by atoms with Crippen molar-refractivity contribution in [2.24, 2.45) is 0 Å². The van der Waals surface area contributed by atoms with Gasteiger partial charge in [0.25, 0.3) is 0 Å². The maximum atomic E-state index is 5.13. The second-order valence-corrected chi connectivity index (χ2v) is 14.2. The van der Waals surface area contributed by atoms with E-state index in [0.717, 1.165) is 66.6 Å². The normalized spacial score (nSPS) is 11.5. The molecule has 0 bridgehead atoms. The lowest BCUT2D eigenvalue weighted by atomic mass is 10.0. The number of hydrogen-bond donors (Lipinski definition) is 0. The standard InChI is InChI=1S/C51H32N6/c1-3-12-35(13-4-1)49-54-50(56-51(55-49)40-17-10-15-38(31-40)44-27-25-34-24-23-33-18-11-29-52-47(33)48(34)53-44)39-16-9-14-36(30-39)37-26-28-46-43(32-37)42-21-7-8-22-45(42)57(46)41-19-5-2-6-20-41/h1-32H. The number of hydrogen-bond acceptors (Lipinski definition) is 5. The van der Waals surface area contributed by atoms with Crippen LogP contribution >= 0.6 is 0 Å². The van der Waals surface area contributed by atoms with E-state index in [1.165, 1.54) is 21.8 Å². The van der Waals surface area contributed by atoms with Crippen molar-refractivity contribution in [1.82, 2.24) is 29.5 Å². The van der Waals surface area contributed by atoms with E-state index in [2.05, 4.69) is 149 Å². The topological polar surface area (TPSA) is 69.4 Å². The monoisotopic (exact) mass is 728 g/mol. The van der Waals surface area contributed by atoms with Crippen molar-refractivity contribution in [3.8, 4) is 62.2 Å². The highest BCUT2D eigenvalue weighted by Crippen LogP contribution is 2.36.